The van der Waals surface area contributed by atoms with Gasteiger partial charge in [0, 0.05) is 13.0 Å². The quantitative estimate of drug-likeness (QED) is 0.402. The summed E-state index contributed by atoms with van der Waals surface area (Å²) in [5.41, 5.74) is -0.00339. The second-order valence-electron chi connectivity index (χ2n) is 3.14. The highest BCUT2D eigenvalue weighted by atomic mass is 79.9. The highest BCUT2D eigenvalue weighted by Crippen LogP contribution is 2.30. The van der Waals surface area contributed by atoms with Gasteiger partial charge in [0.25, 0.3) is 5.69 Å². The molecule has 0 aliphatic carbocycles. The minimum Gasteiger partial charge on any atom is -0.379 e. The maximum atomic E-state index is 13.2. The molecule has 1 aromatic carbocycles. The Balaban J connectivity index is 2.91. The van der Waals surface area contributed by atoms with Crippen molar-refractivity contribution in [2.24, 2.45) is 0 Å². The summed E-state index contributed by atoms with van der Waals surface area (Å²) in [6.45, 7) is 2.19. The molecule has 0 aliphatic heterocycles. The molecule has 0 amide bonds. The van der Waals surface area contributed by atoms with Gasteiger partial charge in [-0.3, -0.25) is 10.1 Å². The van der Waals surface area contributed by atoms with E-state index in [0.29, 0.717) is 13.0 Å². The first kappa shape index (κ1) is 13.5. The average Bonchev–Trinajstić information content (AvgIpc) is 2.28. The molecule has 0 saturated carbocycles. The highest BCUT2D eigenvalue weighted by molar-refractivity contribution is 9.10. The zero-order chi connectivity index (χ0) is 12.8. The third-order valence-corrected chi connectivity index (χ3v) is 2.59. The second kappa shape index (κ2) is 6.21. The molecule has 0 spiro atoms. The number of anilines is 1. The monoisotopic (exact) mass is 300 g/mol. The van der Waals surface area contributed by atoms with Crippen LogP contribution in [0, 0.1) is 27.8 Å². The zero-order valence-electron chi connectivity index (χ0n) is 9.09. The molecule has 0 atom stereocenters. The average molecular weight is 301 g/mol. The van der Waals surface area contributed by atoms with Crippen molar-refractivity contribution in [2.75, 3.05) is 11.9 Å². The molecule has 4 nitrogen and oxygen atoms in total. The molecule has 0 heterocycles. The van der Waals surface area contributed by atoms with E-state index in [1.54, 1.807) is 6.92 Å². The maximum Gasteiger partial charge on any atom is 0.295 e. The van der Waals surface area contributed by atoms with Crippen LogP contribution in [0.15, 0.2) is 16.6 Å². The van der Waals surface area contributed by atoms with E-state index in [9.17, 15) is 14.5 Å². The lowest BCUT2D eigenvalue weighted by molar-refractivity contribution is -0.384. The summed E-state index contributed by atoms with van der Waals surface area (Å²) in [5, 5.41) is 13.6. The van der Waals surface area contributed by atoms with E-state index in [4.69, 9.17) is 0 Å². The number of rotatable bonds is 4. The van der Waals surface area contributed by atoms with E-state index < -0.39 is 10.7 Å². The topological polar surface area (TPSA) is 55.2 Å². The molecular weight excluding hydrogens is 291 g/mol. The molecule has 17 heavy (non-hydrogen) atoms. The largest absolute Gasteiger partial charge is 0.379 e. The highest BCUT2D eigenvalue weighted by Gasteiger charge is 2.16. The molecule has 0 saturated heterocycles. The van der Waals surface area contributed by atoms with Crippen LogP contribution in [0.4, 0.5) is 15.8 Å². The van der Waals surface area contributed by atoms with Gasteiger partial charge in [0.15, 0.2) is 0 Å². The first-order chi connectivity index (χ1) is 8.06. The summed E-state index contributed by atoms with van der Waals surface area (Å²) in [4.78, 5) is 10.1. The lowest BCUT2D eigenvalue weighted by atomic mass is 10.2. The fourth-order valence-electron chi connectivity index (χ4n) is 1.21. The summed E-state index contributed by atoms with van der Waals surface area (Å²) in [5.74, 6) is 4.89. The summed E-state index contributed by atoms with van der Waals surface area (Å²) < 4.78 is 13.3. The Morgan fingerprint density at radius 1 is 1.59 bits per heavy atom. The first-order valence-corrected chi connectivity index (χ1v) is 5.62. The van der Waals surface area contributed by atoms with Crippen molar-refractivity contribution >= 4 is 27.3 Å². The minimum absolute atomic E-state index is 0.187. The molecule has 0 aromatic heterocycles. The molecule has 1 N–H and O–H groups in total. The Morgan fingerprint density at radius 2 is 2.29 bits per heavy atom. The predicted molar refractivity (Wildman–Crippen MR) is 67.3 cm³/mol. The molecule has 0 radical (unpaired) electrons. The van der Waals surface area contributed by atoms with Crippen LogP contribution in [0.25, 0.3) is 0 Å². The van der Waals surface area contributed by atoms with Crippen LogP contribution >= 0.6 is 15.9 Å². The number of hydrogen-bond donors (Lipinski definition) is 1. The van der Waals surface area contributed by atoms with Crippen LogP contribution in [-0.2, 0) is 0 Å². The van der Waals surface area contributed by atoms with Crippen molar-refractivity contribution < 1.29 is 9.31 Å². The molecule has 0 unspecified atom stereocenters. The first-order valence-electron chi connectivity index (χ1n) is 4.83. The number of hydrogen-bond acceptors (Lipinski definition) is 3. The van der Waals surface area contributed by atoms with E-state index in [1.165, 1.54) is 6.07 Å². The van der Waals surface area contributed by atoms with Crippen LogP contribution in [0.1, 0.15) is 13.3 Å². The van der Waals surface area contributed by atoms with Crippen LogP contribution in [0.2, 0.25) is 0 Å². The SMILES string of the molecule is CC#CCCNc1cc(Br)c(F)cc1[N+](=O)[O-]. The predicted octanol–water partition coefficient (Wildman–Crippen LogP) is 3.32. The Hall–Kier alpha value is -1.61. The normalized spacial score (nSPS) is 9.35. The van der Waals surface area contributed by atoms with E-state index in [0.717, 1.165) is 6.07 Å². The lowest BCUT2D eigenvalue weighted by Gasteiger charge is -2.06. The Bertz CT molecular complexity index is 494. The zero-order valence-corrected chi connectivity index (χ0v) is 10.7. The Labute approximate surface area is 106 Å². The summed E-state index contributed by atoms with van der Waals surface area (Å²) in [6, 6.07) is 2.24. The van der Waals surface area contributed by atoms with E-state index in [2.05, 4.69) is 33.1 Å². The standard InChI is InChI=1S/C11H10BrFN2O2/c1-2-3-4-5-14-10-6-8(12)9(13)7-11(10)15(16)17/h6-7,14H,4-5H2,1H3. The molecule has 0 bridgehead atoms. The molecule has 90 valence electrons. The Kier molecular flexibility index (Phi) is 4.91. The molecule has 1 rings (SSSR count). The number of halogens is 2. The fourth-order valence-corrected chi connectivity index (χ4v) is 1.56. The van der Waals surface area contributed by atoms with Gasteiger partial charge in [0.1, 0.15) is 11.5 Å². The Morgan fingerprint density at radius 3 is 2.88 bits per heavy atom. The number of nitrogens with one attached hydrogen (secondary N) is 1. The number of nitrogens with zero attached hydrogens (tertiary/aromatic N) is 1. The van der Waals surface area contributed by atoms with Crippen LogP contribution in [0.3, 0.4) is 0 Å². The van der Waals surface area contributed by atoms with Gasteiger partial charge in [-0.25, -0.2) is 4.39 Å². The minimum atomic E-state index is -0.657. The van der Waals surface area contributed by atoms with Gasteiger partial charge in [0.2, 0.25) is 0 Å². The third kappa shape index (κ3) is 3.71. The third-order valence-electron chi connectivity index (χ3n) is 1.98. The van der Waals surface area contributed by atoms with Crippen LogP contribution < -0.4 is 5.32 Å². The smallest absolute Gasteiger partial charge is 0.295 e. The van der Waals surface area contributed by atoms with Crippen molar-refractivity contribution in [1.82, 2.24) is 0 Å². The molecule has 6 heteroatoms. The number of nitro benzene ring substituents is 1. The van der Waals surface area contributed by atoms with Crippen LogP contribution in [0.5, 0.6) is 0 Å². The van der Waals surface area contributed by atoms with Crippen molar-refractivity contribution in [1.29, 1.82) is 0 Å². The van der Waals surface area contributed by atoms with Gasteiger partial charge >= 0.3 is 0 Å². The van der Waals surface area contributed by atoms with Gasteiger partial charge in [-0.1, -0.05) is 0 Å². The summed E-state index contributed by atoms with van der Waals surface area (Å²) in [6.07, 6.45) is 0.572. The van der Waals surface area contributed by atoms with Gasteiger partial charge in [0.05, 0.1) is 15.5 Å². The van der Waals surface area contributed by atoms with Crippen molar-refractivity contribution in [2.45, 2.75) is 13.3 Å². The van der Waals surface area contributed by atoms with Gasteiger partial charge < -0.3 is 5.32 Å². The maximum absolute atomic E-state index is 13.2. The lowest BCUT2D eigenvalue weighted by Crippen LogP contribution is -2.04. The summed E-state index contributed by atoms with van der Waals surface area (Å²) in [7, 11) is 0. The molecule has 1 aromatic rings. The van der Waals surface area contributed by atoms with E-state index in [-0.39, 0.29) is 15.8 Å². The fraction of sp³-hybridized carbons (Fsp3) is 0.273. The molecular formula is C11H10BrFN2O2. The van der Waals surface area contributed by atoms with E-state index in [1.807, 2.05) is 0 Å². The number of nitro groups is 1. The summed E-state index contributed by atoms with van der Waals surface area (Å²) >= 11 is 2.99. The molecule has 0 aliphatic rings. The van der Waals surface area contributed by atoms with Crippen LogP contribution in [-0.4, -0.2) is 11.5 Å². The van der Waals surface area contributed by atoms with Crippen molar-refractivity contribution in [3.63, 3.8) is 0 Å². The second-order valence-corrected chi connectivity index (χ2v) is 4.00. The van der Waals surface area contributed by atoms with Crippen molar-refractivity contribution in [3.05, 3.63) is 32.5 Å². The molecule has 0 fully saturated rings. The van der Waals surface area contributed by atoms with Gasteiger partial charge in [-0.2, -0.15) is 0 Å². The van der Waals surface area contributed by atoms with Crippen molar-refractivity contribution in [3.8, 4) is 11.8 Å². The van der Waals surface area contributed by atoms with E-state index >= 15 is 0 Å². The van der Waals surface area contributed by atoms with Gasteiger partial charge in [-0.05, 0) is 28.9 Å². The number of benzene rings is 1. The van der Waals surface area contributed by atoms with Gasteiger partial charge in [-0.15, -0.1) is 11.8 Å².